The van der Waals surface area contributed by atoms with Gasteiger partial charge in [0.1, 0.15) is 11.8 Å². The summed E-state index contributed by atoms with van der Waals surface area (Å²) in [6.07, 6.45) is 3.39. The van der Waals surface area contributed by atoms with Gasteiger partial charge in [-0.1, -0.05) is 18.2 Å². The lowest BCUT2D eigenvalue weighted by atomic mass is 10.2. The predicted molar refractivity (Wildman–Crippen MR) is 63.6 cm³/mol. The molecule has 0 aliphatic heterocycles. The second-order valence-electron chi connectivity index (χ2n) is 3.60. The molecule has 0 saturated heterocycles. The van der Waals surface area contributed by atoms with Crippen LogP contribution in [0.4, 0.5) is 0 Å². The zero-order valence-corrected chi connectivity index (χ0v) is 8.91. The number of para-hydroxylation sites is 1. The average Bonchev–Trinajstić information content (AvgIpc) is 2.82. The van der Waals surface area contributed by atoms with Gasteiger partial charge in [-0.25, -0.2) is 9.67 Å². The van der Waals surface area contributed by atoms with E-state index in [-0.39, 0.29) is 0 Å². The standard InChI is InChI=1S/C13H8N4/c14-8-11-13(6-3-7-15-11)17-12-5-2-1-4-10(12)9-16-17/h1-7,9H. The Labute approximate surface area is 97.8 Å². The van der Waals surface area contributed by atoms with Crippen LogP contribution in [0.1, 0.15) is 5.69 Å². The van der Waals surface area contributed by atoms with Gasteiger partial charge >= 0.3 is 0 Å². The Balaban J connectivity index is 2.32. The maximum atomic E-state index is 9.04. The molecule has 0 saturated carbocycles. The molecule has 0 aliphatic carbocycles. The van der Waals surface area contributed by atoms with Crippen molar-refractivity contribution in [2.45, 2.75) is 0 Å². The van der Waals surface area contributed by atoms with E-state index >= 15 is 0 Å². The lowest BCUT2D eigenvalue weighted by molar-refractivity contribution is 0.898. The third-order valence-corrected chi connectivity index (χ3v) is 2.60. The van der Waals surface area contributed by atoms with E-state index in [1.807, 2.05) is 30.3 Å². The number of nitriles is 1. The molecule has 0 radical (unpaired) electrons. The summed E-state index contributed by atoms with van der Waals surface area (Å²) in [5, 5.41) is 14.4. The summed E-state index contributed by atoms with van der Waals surface area (Å²) in [5.41, 5.74) is 2.05. The quantitative estimate of drug-likeness (QED) is 0.632. The summed E-state index contributed by atoms with van der Waals surface area (Å²) < 4.78 is 1.74. The van der Waals surface area contributed by atoms with Gasteiger partial charge in [0.25, 0.3) is 0 Å². The minimum absolute atomic E-state index is 0.376. The van der Waals surface area contributed by atoms with Crippen LogP contribution in [0.5, 0.6) is 0 Å². The Kier molecular flexibility index (Phi) is 2.09. The van der Waals surface area contributed by atoms with E-state index in [9.17, 15) is 0 Å². The van der Waals surface area contributed by atoms with Crippen LogP contribution < -0.4 is 0 Å². The van der Waals surface area contributed by atoms with Crippen LogP contribution in [-0.2, 0) is 0 Å². The molecule has 0 bridgehead atoms. The number of hydrogen-bond acceptors (Lipinski definition) is 3. The molecule has 4 heteroatoms. The van der Waals surface area contributed by atoms with Crippen molar-refractivity contribution in [1.82, 2.24) is 14.8 Å². The molecule has 3 rings (SSSR count). The Morgan fingerprint density at radius 3 is 2.88 bits per heavy atom. The molecule has 0 atom stereocenters. The number of aromatic nitrogens is 3. The summed E-state index contributed by atoms with van der Waals surface area (Å²) >= 11 is 0. The Hall–Kier alpha value is -2.67. The van der Waals surface area contributed by atoms with Crippen LogP contribution in [0.25, 0.3) is 16.6 Å². The zero-order chi connectivity index (χ0) is 11.7. The number of fused-ring (bicyclic) bond motifs is 1. The fraction of sp³-hybridized carbons (Fsp3) is 0. The largest absolute Gasteiger partial charge is 0.243 e. The third-order valence-electron chi connectivity index (χ3n) is 2.60. The number of pyridine rings is 1. The van der Waals surface area contributed by atoms with E-state index < -0.39 is 0 Å². The van der Waals surface area contributed by atoms with Gasteiger partial charge in [-0.05, 0) is 18.2 Å². The lowest BCUT2D eigenvalue weighted by Gasteiger charge is -2.04. The van der Waals surface area contributed by atoms with Crippen molar-refractivity contribution in [3.05, 3.63) is 54.5 Å². The van der Waals surface area contributed by atoms with Crippen LogP contribution >= 0.6 is 0 Å². The van der Waals surface area contributed by atoms with Gasteiger partial charge in [0.05, 0.1) is 11.7 Å². The van der Waals surface area contributed by atoms with Gasteiger partial charge in [0.15, 0.2) is 5.69 Å². The summed E-state index contributed by atoms with van der Waals surface area (Å²) in [6.45, 7) is 0. The molecule has 17 heavy (non-hydrogen) atoms. The molecule has 2 aromatic heterocycles. The molecule has 0 amide bonds. The summed E-state index contributed by atoms with van der Waals surface area (Å²) in [7, 11) is 0. The van der Waals surface area contributed by atoms with Crippen molar-refractivity contribution >= 4 is 10.9 Å². The normalized spacial score (nSPS) is 10.3. The molecule has 0 N–H and O–H groups in total. The minimum Gasteiger partial charge on any atom is -0.243 e. The Morgan fingerprint density at radius 2 is 2.00 bits per heavy atom. The third kappa shape index (κ3) is 1.45. The maximum Gasteiger partial charge on any atom is 0.166 e. The van der Waals surface area contributed by atoms with Crippen molar-refractivity contribution in [1.29, 1.82) is 5.26 Å². The minimum atomic E-state index is 0.376. The highest BCUT2D eigenvalue weighted by Gasteiger charge is 2.08. The topological polar surface area (TPSA) is 54.5 Å². The molecule has 0 unspecified atom stereocenters. The van der Waals surface area contributed by atoms with Gasteiger partial charge in [0, 0.05) is 11.6 Å². The fourth-order valence-electron chi connectivity index (χ4n) is 1.82. The molecule has 2 heterocycles. The highest BCUT2D eigenvalue weighted by atomic mass is 15.3. The average molecular weight is 220 g/mol. The number of benzene rings is 1. The first-order chi connectivity index (χ1) is 8.40. The molecule has 3 aromatic rings. The van der Waals surface area contributed by atoms with Crippen molar-refractivity contribution in [3.8, 4) is 11.8 Å². The van der Waals surface area contributed by atoms with Crippen LogP contribution in [0.2, 0.25) is 0 Å². The van der Waals surface area contributed by atoms with E-state index in [1.54, 1.807) is 23.1 Å². The van der Waals surface area contributed by atoms with Crippen molar-refractivity contribution < 1.29 is 0 Å². The zero-order valence-electron chi connectivity index (χ0n) is 8.91. The molecule has 80 valence electrons. The molecule has 0 aliphatic rings. The fourth-order valence-corrected chi connectivity index (χ4v) is 1.82. The number of nitrogens with zero attached hydrogens (tertiary/aromatic N) is 4. The van der Waals surface area contributed by atoms with Crippen LogP contribution in [-0.4, -0.2) is 14.8 Å². The molecule has 4 nitrogen and oxygen atoms in total. The Morgan fingerprint density at radius 1 is 1.12 bits per heavy atom. The van der Waals surface area contributed by atoms with Gasteiger partial charge in [-0.2, -0.15) is 10.4 Å². The van der Waals surface area contributed by atoms with Crippen molar-refractivity contribution in [2.75, 3.05) is 0 Å². The number of rotatable bonds is 1. The van der Waals surface area contributed by atoms with Gasteiger partial charge in [-0.3, -0.25) is 0 Å². The molecular weight excluding hydrogens is 212 g/mol. The lowest BCUT2D eigenvalue weighted by Crippen LogP contribution is -2.00. The van der Waals surface area contributed by atoms with Gasteiger partial charge in [0.2, 0.25) is 0 Å². The smallest absolute Gasteiger partial charge is 0.166 e. The summed E-state index contributed by atoms with van der Waals surface area (Å²) in [4.78, 5) is 4.04. The van der Waals surface area contributed by atoms with E-state index in [1.165, 1.54) is 0 Å². The molecule has 1 aromatic carbocycles. The summed E-state index contributed by atoms with van der Waals surface area (Å²) in [6, 6.07) is 13.6. The monoisotopic (exact) mass is 220 g/mol. The summed E-state index contributed by atoms with van der Waals surface area (Å²) in [5.74, 6) is 0. The molecular formula is C13H8N4. The predicted octanol–water partition coefficient (Wildman–Crippen LogP) is 2.29. The van der Waals surface area contributed by atoms with Crippen molar-refractivity contribution in [3.63, 3.8) is 0 Å². The second-order valence-corrected chi connectivity index (χ2v) is 3.60. The SMILES string of the molecule is N#Cc1ncccc1-n1ncc2ccccc21. The first-order valence-corrected chi connectivity index (χ1v) is 5.18. The van der Waals surface area contributed by atoms with E-state index in [4.69, 9.17) is 5.26 Å². The Bertz CT molecular complexity index is 721. The second kappa shape index (κ2) is 3.72. The molecule has 0 spiro atoms. The van der Waals surface area contributed by atoms with E-state index in [2.05, 4.69) is 16.2 Å². The van der Waals surface area contributed by atoms with Gasteiger partial charge in [-0.15, -0.1) is 0 Å². The first-order valence-electron chi connectivity index (χ1n) is 5.18. The van der Waals surface area contributed by atoms with E-state index in [0.29, 0.717) is 11.4 Å². The van der Waals surface area contributed by atoms with Crippen molar-refractivity contribution in [2.24, 2.45) is 0 Å². The highest BCUT2D eigenvalue weighted by Crippen LogP contribution is 2.18. The van der Waals surface area contributed by atoms with Gasteiger partial charge < -0.3 is 0 Å². The van der Waals surface area contributed by atoms with Crippen LogP contribution in [0.3, 0.4) is 0 Å². The molecule has 0 fully saturated rings. The number of hydrogen-bond donors (Lipinski definition) is 0. The van der Waals surface area contributed by atoms with E-state index in [0.717, 1.165) is 10.9 Å². The first kappa shape index (κ1) is 9.55. The maximum absolute atomic E-state index is 9.04. The van der Waals surface area contributed by atoms with Crippen LogP contribution in [0.15, 0.2) is 48.8 Å². The van der Waals surface area contributed by atoms with Crippen LogP contribution in [0, 0.1) is 11.3 Å². The highest BCUT2D eigenvalue weighted by molar-refractivity contribution is 5.80.